The molecule has 0 radical (unpaired) electrons. The molecule has 0 saturated heterocycles. The van der Waals surface area contributed by atoms with Crippen LogP contribution >= 0.6 is 15.9 Å². The van der Waals surface area contributed by atoms with E-state index < -0.39 is 0 Å². The number of nitrogens with one attached hydrogen (secondary N) is 1. The standard InChI is InChI=1S/C17H28BrN3/c1-4-21(11-5-10-20(2)3)16-9-6-14(17(18)12-16)13-19-15-7-8-15/h6,9,12,15,19H,4-5,7-8,10-11,13H2,1-3H3. The van der Waals surface area contributed by atoms with Crippen LogP contribution in [0.2, 0.25) is 0 Å². The van der Waals surface area contributed by atoms with Crippen LogP contribution in [0, 0.1) is 0 Å². The van der Waals surface area contributed by atoms with Crippen LogP contribution in [-0.2, 0) is 6.54 Å². The van der Waals surface area contributed by atoms with Crippen molar-refractivity contribution < 1.29 is 0 Å². The minimum absolute atomic E-state index is 0.759. The molecule has 0 bridgehead atoms. The van der Waals surface area contributed by atoms with Crippen molar-refractivity contribution >= 4 is 21.6 Å². The topological polar surface area (TPSA) is 18.5 Å². The Morgan fingerprint density at radius 2 is 2.00 bits per heavy atom. The van der Waals surface area contributed by atoms with Crippen molar-refractivity contribution in [3.05, 3.63) is 28.2 Å². The van der Waals surface area contributed by atoms with Gasteiger partial charge in [0, 0.05) is 35.8 Å². The number of rotatable bonds is 9. The van der Waals surface area contributed by atoms with E-state index in [0.717, 1.165) is 32.2 Å². The highest BCUT2D eigenvalue weighted by Crippen LogP contribution is 2.26. The van der Waals surface area contributed by atoms with E-state index in [2.05, 4.69) is 70.3 Å². The summed E-state index contributed by atoms with van der Waals surface area (Å²) in [5, 5.41) is 3.57. The number of hydrogen-bond donors (Lipinski definition) is 1. The largest absolute Gasteiger partial charge is 0.372 e. The van der Waals surface area contributed by atoms with Gasteiger partial charge in [-0.15, -0.1) is 0 Å². The Morgan fingerprint density at radius 3 is 2.57 bits per heavy atom. The van der Waals surface area contributed by atoms with Crippen molar-refractivity contribution in [3.8, 4) is 0 Å². The van der Waals surface area contributed by atoms with Crippen molar-refractivity contribution in [2.24, 2.45) is 0 Å². The summed E-state index contributed by atoms with van der Waals surface area (Å²) in [4.78, 5) is 4.70. The highest BCUT2D eigenvalue weighted by molar-refractivity contribution is 9.10. The van der Waals surface area contributed by atoms with Gasteiger partial charge >= 0.3 is 0 Å². The first-order valence-electron chi connectivity index (χ1n) is 8.01. The second kappa shape index (κ2) is 8.16. The van der Waals surface area contributed by atoms with Crippen LogP contribution in [0.3, 0.4) is 0 Å². The van der Waals surface area contributed by atoms with E-state index in [0.29, 0.717) is 0 Å². The number of halogens is 1. The maximum absolute atomic E-state index is 3.73. The average Bonchev–Trinajstić information content (AvgIpc) is 3.26. The molecule has 1 N–H and O–H groups in total. The number of hydrogen-bond acceptors (Lipinski definition) is 3. The van der Waals surface area contributed by atoms with Gasteiger partial charge in [-0.2, -0.15) is 0 Å². The lowest BCUT2D eigenvalue weighted by atomic mass is 10.2. The minimum atomic E-state index is 0.759. The molecule has 2 rings (SSSR count). The van der Waals surface area contributed by atoms with Gasteiger partial charge in [-0.05, 0) is 64.5 Å². The second-order valence-electron chi connectivity index (χ2n) is 6.17. The molecule has 1 aromatic carbocycles. The summed E-state index contributed by atoms with van der Waals surface area (Å²) in [6.07, 6.45) is 3.87. The van der Waals surface area contributed by atoms with E-state index in [1.807, 2.05) is 0 Å². The Bertz CT molecular complexity index is 444. The first kappa shape index (κ1) is 16.8. The van der Waals surface area contributed by atoms with Crippen LogP contribution in [0.1, 0.15) is 31.7 Å². The van der Waals surface area contributed by atoms with Gasteiger partial charge < -0.3 is 15.1 Å². The van der Waals surface area contributed by atoms with Gasteiger partial charge in [0.25, 0.3) is 0 Å². The van der Waals surface area contributed by atoms with Crippen molar-refractivity contribution in [1.29, 1.82) is 0 Å². The molecule has 0 aromatic heterocycles. The van der Waals surface area contributed by atoms with E-state index in [1.54, 1.807) is 0 Å². The van der Waals surface area contributed by atoms with Crippen LogP contribution in [0.15, 0.2) is 22.7 Å². The van der Waals surface area contributed by atoms with Gasteiger partial charge in [0.15, 0.2) is 0 Å². The fourth-order valence-electron chi connectivity index (χ4n) is 2.47. The lowest BCUT2D eigenvalue weighted by molar-refractivity contribution is 0.400. The van der Waals surface area contributed by atoms with E-state index in [1.165, 1.54) is 35.0 Å². The minimum Gasteiger partial charge on any atom is -0.372 e. The third-order valence-electron chi connectivity index (χ3n) is 3.98. The first-order valence-corrected chi connectivity index (χ1v) is 8.81. The molecule has 4 heteroatoms. The van der Waals surface area contributed by atoms with Gasteiger partial charge in [-0.3, -0.25) is 0 Å². The summed E-state index contributed by atoms with van der Waals surface area (Å²) in [5.41, 5.74) is 2.67. The van der Waals surface area contributed by atoms with Gasteiger partial charge in [0.1, 0.15) is 0 Å². The summed E-state index contributed by atoms with van der Waals surface area (Å²) < 4.78 is 1.22. The molecule has 118 valence electrons. The Morgan fingerprint density at radius 1 is 1.24 bits per heavy atom. The molecule has 0 heterocycles. The summed E-state index contributed by atoms with van der Waals surface area (Å²) in [6, 6.07) is 7.54. The van der Waals surface area contributed by atoms with Crippen molar-refractivity contribution in [1.82, 2.24) is 10.2 Å². The third-order valence-corrected chi connectivity index (χ3v) is 4.71. The molecule has 0 atom stereocenters. The molecular weight excluding hydrogens is 326 g/mol. The molecule has 1 fully saturated rings. The predicted octanol–water partition coefficient (Wildman–Crippen LogP) is 3.48. The number of nitrogens with zero attached hydrogens (tertiary/aromatic N) is 2. The lowest BCUT2D eigenvalue weighted by Crippen LogP contribution is -2.27. The highest BCUT2D eigenvalue weighted by Gasteiger charge is 2.20. The third kappa shape index (κ3) is 5.61. The molecule has 0 aliphatic heterocycles. The fraction of sp³-hybridized carbons (Fsp3) is 0.647. The maximum atomic E-state index is 3.73. The fourth-order valence-corrected chi connectivity index (χ4v) is 2.97. The van der Waals surface area contributed by atoms with Crippen LogP contribution in [0.25, 0.3) is 0 Å². The van der Waals surface area contributed by atoms with Crippen molar-refractivity contribution in [3.63, 3.8) is 0 Å². The molecule has 1 aliphatic carbocycles. The molecule has 0 amide bonds. The molecule has 1 aromatic rings. The van der Waals surface area contributed by atoms with Gasteiger partial charge in [0.05, 0.1) is 0 Å². The summed E-state index contributed by atoms with van der Waals surface area (Å²) in [5.74, 6) is 0. The van der Waals surface area contributed by atoms with Gasteiger partial charge in [0.2, 0.25) is 0 Å². The first-order chi connectivity index (χ1) is 10.1. The Balaban J connectivity index is 1.92. The summed E-state index contributed by atoms with van der Waals surface area (Å²) in [7, 11) is 4.27. The van der Waals surface area contributed by atoms with E-state index in [9.17, 15) is 0 Å². The zero-order valence-corrected chi connectivity index (χ0v) is 15.1. The Labute approximate surface area is 137 Å². The molecule has 1 saturated carbocycles. The zero-order chi connectivity index (χ0) is 15.2. The zero-order valence-electron chi connectivity index (χ0n) is 13.5. The Kier molecular flexibility index (Phi) is 6.52. The van der Waals surface area contributed by atoms with Crippen LogP contribution < -0.4 is 10.2 Å². The quantitative estimate of drug-likeness (QED) is 0.733. The van der Waals surface area contributed by atoms with Gasteiger partial charge in [-0.1, -0.05) is 22.0 Å². The van der Waals surface area contributed by atoms with Crippen molar-refractivity contribution in [2.45, 2.75) is 38.8 Å². The lowest BCUT2D eigenvalue weighted by Gasteiger charge is -2.24. The maximum Gasteiger partial charge on any atom is 0.0377 e. The monoisotopic (exact) mass is 353 g/mol. The smallest absolute Gasteiger partial charge is 0.0377 e. The predicted molar refractivity (Wildman–Crippen MR) is 95.1 cm³/mol. The SMILES string of the molecule is CCN(CCCN(C)C)c1ccc(CNC2CC2)c(Br)c1. The number of benzene rings is 1. The molecule has 21 heavy (non-hydrogen) atoms. The normalized spacial score (nSPS) is 14.7. The van der Waals surface area contributed by atoms with Gasteiger partial charge in [-0.25, -0.2) is 0 Å². The molecule has 0 spiro atoms. The number of anilines is 1. The van der Waals surface area contributed by atoms with Crippen molar-refractivity contribution in [2.75, 3.05) is 38.6 Å². The molecular formula is C17H28BrN3. The van der Waals surface area contributed by atoms with E-state index in [-0.39, 0.29) is 0 Å². The Hall–Kier alpha value is -0.580. The van der Waals surface area contributed by atoms with Crippen LogP contribution in [0.4, 0.5) is 5.69 Å². The highest BCUT2D eigenvalue weighted by atomic mass is 79.9. The second-order valence-corrected chi connectivity index (χ2v) is 7.02. The molecule has 0 unspecified atom stereocenters. The van der Waals surface area contributed by atoms with E-state index >= 15 is 0 Å². The summed E-state index contributed by atoms with van der Waals surface area (Å²) >= 11 is 3.73. The van der Waals surface area contributed by atoms with Crippen LogP contribution in [-0.4, -0.2) is 44.7 Å². The van der Waals surface area contributed by atoms with Crippen LogP contribution in [0.5, 0.6) is 0 Å². The molecule has 1 aliphatic rings. The summed E-state index contributed by atoms with van der Waals surface area (Å²) in [6.45, 7) is 6.51. The average molecular weight is 354 g/mol. The molecule has 3 nitrogen and oxygen atoms in total. The van der Waals surface area contributed by atoms with E-state index in [4.69, 9.17) is 0 Å².